The van der Waals surface area contributed by atoms with E-state index in [1.165, 1.54) is 7.11 Å². The van der Waals surface area contributed by atoms with Crippen LogP contribution in [0.25, 0.3) is 11.2 Å². The first kappa shape index (κ1) is 20.7. The lowest BCUT2D eigenvalue weighted by molar-refractivity contribution is -0.120. The van der Waals surface area contributed by atoms with Gasteiger partial charge in [0.15, 0.2) is 5.65 Å². The Morgan fingerprint density at radius 2 is 1.97 bits per heavy atom. The number of piperidine rings is 1. The minimum absolute atomic E-state index is 0.0632. The van der Waals surface area contributed by atoms with Crippen LogP contribution in [-0.4, -0.2) is 47.0 Å². The quantitative estimate of drug-likeness (QED) is 0.648. The van der Waals surface area contributed by atoms with E-state index in [0.717, 1.165) is 42.0 Å². The number of methoxy groups -OCH3 is 1. The number of fused-ring (bicyclic) bond motifs is 1. The summed E-state index contributed by atoms with van der Waals surface area (Å²) in [6.45, 7) is 5.30. The summed E-state index contributed by atoms with van der Waals surface area (Å²) < 4.78 is 4.75. The zero-order valence-electron chi connectivity index (χ0n) is 17.9. The third kappa shape index (κ3) is 4.47. The number of hydrogen-bond acceptors (Lipinski definition) is 7. The number of carbonyl (C=O) groups is 2. The van der Waals surface area contributed by atoms with Gasteiger partial charge in [-0.2, -0.15) is 0 Å². The maximum atomic E-state index is 12.9. The normalized spacial score (nSPS) is 16.2. The smallest absolute Gasteiger partial charge is 0.337 e. The van der Waals surface area contributed by atoms with E-state index >= 15 is 0 Å². The third-order valence-corrected chi connectivity index (χ3v) is 5.63. The van der Waals surface area contributed by atoms with Crippen molar-refractivity contribution in [2.45, 2.75) is 26.7 Å². The number of nitrogens with zero attached hydrogens (tertiary/aromatic N) is 4. The minimum Gasteiger partial charge on any atom is -0.465 e. The van der Waals surface area contributed by atoms with Crippen molar-refractivity contribution >= 4 is 34.4 Å². The van der Waals surface area contributed by atoms with Crippen LogP contribution in [0.4, 0.5) is 11.4 Å². The van der Waals surface area contributed by atoms with Gasteiger partial charge in [-0.1, -0.05) is 6.07 Å². The van der Waals surface area contributed by atoms with E-state index in [0.29, 0.717) is 23.4 Å². The molecule has 1 atom stereocenters. The highest BCUT2D eigenvalue weighted by molar-refractivity contribution is 5.95. The Kier molecular flexibility index (Phi) is 5.79. The molecule has 0 spiro atoms. The lowest BCUT2D eigenvalue weighted by Gasteiger charge is -2.33. The van der Waals surface area contributed by atoms with E-state index in [9.17, 15) is 9.59 Å². The Hall–Kier alpha value is -3.55. The number of pyridine rings is 1. The number of carbonyl (C=O) groups excluding carboxylic acids is 2. The summed E-state index contributed by atoms with van der Waals surface area (Å²) >= 11 is 0. The molecule has 0 aliphatic carbocycles. The molecule has 1 amide bonds. The van der Waals surface area contributed by atoms with Gasteiger partial charge in [0.2, 0.25) is 5.91 Å². The number of aromatic nitrogens is 3. The zero-order chi connectivity index (χ0) is 22.0. The van der Waals surface area contributed by atoms with Gasteiger partial charge >= 0.3 is 5.97 Å². The number of esters is 1. The number of benzene rings is 1. The number of hydrogen-bond donors (Lipinski definition) is 1. The third-order valence-electron chi connectivity index (χ3n) is 5.63. The zero-order valence-corrected chi connectivity index (χ0v) is 17.9. The van der Waals surface area contributed by atoms with Crippen LogP contribution in [0.2, 0.25) is 0 Å². The standard InChI is InChI=1S/C23H25N5O3/c1-14-15(2)26-21-20(25-14)11-19(12-24-21)28-9-5-7-17(13-28)22(29)27-18-8-4-6-16(10-18)23(30)31-3/h4,6,8,10-12,17H,5,7,9,13H2,1-3H3,(H,27,29)/t17-/m1/s1. The molecule has 160 valence electrons. The topological polar surface area (TPSA) is 97.3 Å². The Morgan fingerprint density at radius 1 is 1.16 bits per heavy atom. The largest absolute Gasteiger partial charge is 0.465 e. The molecule has 3 aromatic rings. The molecule has 1 fully saturated rings. The Labute approximate surface area is 180 Å². The summed E-state index contributed by atoms with van der Waals surface area (Å²) in [6, 6.07) is 8.76. The van der Waals surface area contributed by atoms with Crippen molar-refractivity contribution in [3.63, 3.8) is 0 Å². The van der Waals surface area contributed by atoms with Crippen molar-refractivity contribution in [3.8, 4) is 0 Å². The molecule has 8 heteroatoms. The average molecular weight is 419 g/mol. The molecule has 0 radical (unpaired) electrons. The highest BCUT2D eigenvalue weighted by Gasteiger charge is 2.26. The lowest BCUT2D eigenvalue weighted by atomic mass is 9.96. The maximum absolute atomic E-state index is 12.9. The molecule has 1 aliphatic heterocycles. The number of nitrogens with one attached hydrogen (secondary N) is 1. The summed E-state index contributed by atoms with van der Waals surface area (Å²) in [7, 11) is 1.33. The Balaban J connectivity index is 1.48. The van der Waals surface area contributed by atoms with Crippen LogP contribution in [0.5, 0.6) is 0 Å². The van der Waals surface area contributed by atoms with Crippen molar-refractivity contribution in [1.82, 2.24) is 15.0 Å². The summed E-state index contributed by atoms with van der Waals surface area (Å²) in [6.07, 6.45) is 3.50. The van der Waals surface area contributed by atoms with Gasteiger partial charge in [0.1, 0.15) is 5.52 Å². The number of aryl methyl sites for hydroxylation is 2. The molecular weight excluding hydrogens is 394 g/mol. The molecule has 0 bridgehead atoms. The van der Waals surface area contributed by atoms with E-state index in [1.807, 2.05) is 19.9 Å². The number of anilines is 2. The van der Waals surface area contributed by atoms with Gasteiger partial charge in [-0.25, -0.2) is 19.7 Å². The van der Waals surface area contributed by atoms with Gasteiger partial charge in [0.05, 0.1) is 41.9 Å². The van der Waals surface area contributed by atoms with Crippen molar-refractivity contribution < 1.29 is 14.3 Å². The Bertz CT molecular complexity index is 1150. The first-order valence-corrected chi connectivity index (χ1v) is 10.3. The summed E-state index contributed by atoms with van der Waals surface area (Å²) in [5.74, 6) is -0.666. The van der Waals surface area contributed by atoms with Crippen LogP contribution in [-0.2, 0) is 9.53 Å². The predicted octanol–water partition coefficient (Wildman–Crippen LogP) is 3.28. The van der Waals surface area contributed by atoms with Crippen molar-refractivity contribution in [2.24, 2.45) is 5.92 Å². The molecule has 4 rings (SSSR count). The van der Waals surface area contributed by atoms with Crippen LogP contribution in [0.1, 0.15) is 34.6 Å². The second-order valence-corrected chi connectivity index (χ2v) is 7.78. The van der Waals surface area contributed by atoms with Crippen molar-refractivity contribution in [1.29, 1.82) is 0 Å². The molecule has 1 aromatic carbocycles. The fourth-order valence-corrected chi connectivity index (χ4v) is 3.79. The van der Waals surface area contributed by atoms with Gasteiger partial charge in [0, 0.05) is 18.8 Å². The van der Waals surface area contributed by atoms with Crippen molar-refractivity contribution in [2.75, 3.05) is 30.4 Å². The van der Waals surface area contributed by atoms with Crippen LogP contribution in [0, 0.1) is 19.8 Å². The molecule has 1 aliphatic rings. The molecule has 2 aromatic heterocycles. The molecule has 31 heavy (non-hydrogen) atoms. The molecule has 0 unspecified atom stereocenters. The van der Waals surface area contributed by atoms with Crippen LogP contribution < -0.4 is 10.2 Å². The SMILES string of the molecule is COC(=O)c1cccc(NC(=O)[C@@H]2CCCN(c3cnc4nc(C)c(C)nc4c3)C2)c1. The minimum atomic E-state index is -0.433. The van der Waals surface area contributed by atoms with E-state index in [4.69, 9.17) is 4.74 Å². The molecular formula is C23H25N5O3. The molecule has 1 N–H and O–H groups in total. The summed E-state index contributed by atoms with van der Waals surface area (Å²) in [5.41, 5.74) is 5.07. The fourth-order valence-electron chi connectivity index (χ4n) is 3.79. The molecule has 0 saturated carbocycles. The van der Waals surface area contributed by atoms with Crippen LogP contribution >= 0.6 is 0 Å². The average Bonchev–Trinajstić information content (AvgIpc) is 2.79. The summed E-state index contributed by atoms with van der Waals surface area (Å²) in [4.78, 5) is 40.4. The fraction of sp³-hybridized carbons (Fsp3) is 0.348. The van der Waals surface area contributed by atoms with E-state index in [2.05, 4.69) is 25.2 Å². The van der Waals surface area contributed by atoms with Gasteiger partial charge in [-0.15, -0.1) is 0 Å². The molecule has 8 nitrogen and oxygen atoms in total. The van der Waals surface area contributed by atoms with Gasteiger partial charge in [-0.3, -0.25) is 4.79 Å². The maximum Gasteiger partial charge on any atom is 0.337 e. The van der Waals surface area contributed by atoms with E-state index in [-0.39, 0.29) is 11.8 Å². The van der Waals surface area contributed by atoms with Gasteiger partial charge < -0.3 is 15.0 Å². The van der Waals surface area contributed by atoms with Crippen LogP contribution in [0.15, 0.2) is 36.5 Å². The second-order valence-electron chi connectivity index (χ2n) is 7.78. The monoisotopic (exact) mass is 419 g/mol. The van der Waals surface area contributed by atoms with Crippen LogP contribution in [0.3, 0.4) is 0 Å². The first-order valence-electron chi connectivity index (χ1n) is 10.3. The highest BCUT2D eigenvalue weighted by Crippen LogP contribution is 2.26. The number of ether oxygens (including phenoxy) is 1. The molecule has 3 heterocycles. The first-order chi connectivity index (χ1) is 14.9. The summed E-state index contributed by atoms with van der Waals surface area (Å²) in [5, 5.41) is 2.93. The van der Waals surface area contributed by atoms with Gasteiger partial charge in [0.25, 0.3) is 0 Å². The van der Waals surface area contributed by atoms with E-state index in [1.54, 1.807) is 30.5 Å². The van der Waals surface area contributed by atoms with Gasteiger partial charge in [-0.05, 0) is 51.0 Å². The second kappa shape index (κ2) is 8.67. The Morgan fingerprint density at radius 3 is 2.77 bits per heavy atom. The number of rotatable bonds is 4. The number of amides is 1. The van der Waals surface area contributed by atoms with Crippen molar-refractivity contribution in [3.05, 3.63) is 53.5 Å². The molecule has 1 saturated heterocycles. The lowest BCUT2D eigenvalue weighted by Crippen LogP contribution is -2.40. The highest BCUT2D eigenvalue weighted by atomic mass is 16.5. The van der Waals surface area contributed by atoms with E-state index < -0.39 is 5.97 Å². The predicted molar refractivity (Wildman–Crippen MR) is 118 cm³/mol.